The Hall–Kier alpha value is -2.68. The standard InChI is InChI=1S/C18H13FO2/c1-11-2-7-15-13(8-11)4-3-12-5-6-14(19)9-16(12)17(15)10-18(20)21/h2-10H,1H3,(H,20,21)/b17-10-. The summed E-state index contributed by atoms with van der Waals surface area (Å²) in [4.78, 5) is 11.2. The van der Waals surface area contributed by atoms with E-state index in [2.05, 4.69) is 0 Å². The Morgan fingerprint density at radius 3 is 2.57 bits per heavy atom. The molecule has 1 aliphatic carbocycles. The van der Waals surface area contributed by atoms with Crippen LogP contribution in [-0.4, -0.2) is 11.1 Å². The highest BCUT2D eigenvalue weighted by Crippen LogP contribution is 2.34. The largest absolute Gasteiger partial charge is 0.478 e. The Morgan fingerprint density at radius 1 is 1.05 bits per heavy atom. The quantitative estimate of drug-likeness (QED) is 0.680. The fraction of sp³-hybridized carbons (Fsp3) is 0.0556. The number of rotatable bonds is 1. The van der Waals surface area contributed by atoms with Crippen molar-refractivity contribution in [1.82, 2.24) is 0 Å². The normalized spacial score (nSPS) is 14.5. The van der Waals surface area contributed by atoms with Crippen LogP contribution in [0.4, 0.5) is 4.39 Å². The molecule has 0 atom stereocenters. The number of hydrogen-bond acceptors (Lipinski definition) is 1. The molecular weight excluding hydrogens is 267 g/mol. The molecule has 0 fully saturated rings. The van der Waals surface area contributed by atoms with Crippen molar-refractivity contribution < 1.29 is 14.3 Å². The first-order chi connectivity index (χ1) is 10.0. The fourth-order valence-corrected chi connectivity index (χ4v) is 2.58. The maximum absolute atomic E-state index is 13.6. The molecule has 21 heavy (non-hydrogen) atoms. The van der Waals surface area contributed by atoms with Gasteiger partial charge in [0.1, 0.15) is 5.82 Å². The number of aliphatic carboxylic acids is 1. The van der Waals surface area contributed by atoms with Gasteiger partial charge in [-0.1, -0.05) is 42.0 Å². The Labute approximate surface area is 121 Å². The molecule has 0 saturated carbocycles. The SMILES string of the molecule is Cc1ccc2c(c1)C=Cc1ccc(F)cc1/C2=C\C(=O)O. The van der Waals surface area contributed by atoms with Gasteiger partial charge in [-0.2, -0.15) is 0 Å². The van der Waals surface area contributed by atoms with Gasteiger partial charge in [0.25, 0.3) is 0 Å². The maximum atomic E-state index is 13.6. The minimum Gasteiger partial charge on any atom is -0.478 e. The van der Waals surface area contributed by atoms with E-state index in [1.165, 1.54) is 12.1 Å². The molecule has 0 amide bonds. The summed E-state index contributed by atoms with van der Waals surface area (Å²) >= 11 is 0. The molecule has 2 aromatic rings. The van der Waals surface area contributed by atoms with Crippen LogP contribution < -0.4 is 0 Å². The summed E-state index contributed by atoms with van der Waals surface area (Å²) in [5.74, 6) is -1.43. The number of carboxylic acid groups (broad SMARTS) is 1. The molecule has 104 valence electrons. The molecule has 0 saturated heterocycles. The molecule has 0 heterocycles. The van der Waals surface area contributed by atoms with Gasteiger partial charge in [0, 0.05) is 6.08 Å². The molecule has 0 spiro atoms. The lowest BCUT2D eigenvalue weighted by Crippen LogP contribution is -1.98. The average Bonchev–Trinajstić information content (AvgIpc) is 2.56. The van der Waals surface area contributed by atoms with Gasteiger partial charge in [-0.25, -0.2) is 9.18 Å². The Balaban J connectivity index is 2.34. The third kappa shape index (κ3) is 2.50. The lowest BCUT2D eigenvalue weighted by molar-refractivity contribution is -0.131. The van der Waals surface area contributed by atoms with E-state index in [0.29, 0.717) is 11.1 Å². The van der Waals surface area contributed by atoms with E-state index in [4.69, 9.17) is 5.11 Å². The lowest BCUT2D eigenvalue weighted by atomic mass is 9.92. The predicted octanol–water partition coefficient (Wildman–Crippen LogP) is 4.13. The van der Waals surface area contributed by atoms with Crippen molar-refractivity contribution in [2.45, 2.75) is 6.92 Å². The summed E-state index contributed by atoms with van der Waals surface area (Å²) in [6, 6.07) is 10.2. The second-order valence-corrected chi connectivity index (χ2v) is 5.05. The van der Waals surface area contributed by atoms with Gasteiger partial charge in [-0.15, -0.1) is 0 Å². The lowest BCUT2D eigenvalue weighted by Gasteiger charge is -2.12. The van der Waals surface area contributed by atoms with Gasteiger partial charge in [-0.05, 0) is 46.9 Å². The van der Waals surface area contributed by atoms with E-state index in [9.17, 15) is 9.18 Å². The van der Waals surface area contributed by atoms with Crippen LogP contribution in [-0.2, 0) is 4.79 Å². The van der Waals surface area contributed by atoms with Gasteiger partial charge in [0.15, 0.2) is 0 Å². The molecular formula is C18H13FO2. The predicted molar refractivity (Wildman–Crippen MR) is 81.2 cm³/mol. The van der Waals surface area contributed by atoms with Crippen molar-refractivity contribution in [3.05, 3.63) is 76.1 Å². The van der Waals surface area contributed by atoms with Gasteiger partial charge >= 0.3 is 5.97 Å². The Bertz CT molecular complexity index is 801. The van der Waals surface area contributed by atoms with E-state index in [1.807, 2.05) is 37.3 Å². The summed E-state index contributed by atoms with van der Waals surface area (Å²) in [7, 11) is 0. The van der Waals surface area contributed by atoms with Crippen LogP contribution in [0.5, 0.6) is 0 Å². The third-order valence-electron chi connectivity index (χ3n) is 3.51. The van der Waals surface area contributed by atoms with Gasteiger partial charge in [0.2, 0.25) is 0 Å². The van der Waals surface area contributed by atoms with Crippen LogP contribution in [0.2, 0.25) is 0 Å². The highest BCUT2D eigenvalue weighted by atomic mass is 19.1. The molecule has 1 N–H and O–H groups in total. The first-order valence-electron chi connectivity index (χ1n) is 6.58. The first-order valence-corrected chi connectivity index (χ1v) is 6.58. The minimum atomic E-state index is -1.05. The van der Waals surface area contributed by atoms with E-state index in [1.54, 1.807) is 6.07 Å². The summed E-state index contributed by atoms with van der Waals surface area (Å²) < 4.78 is 13.6. The highest BCUT2D eigenvalue weighted by Gasteiger charge is 2.17. The topological polar surface area (TPSA) is 37.3 Å². The number of benzene rings is 2. The molecule has 0 aliphatic heterocycles. The second kappa shape index (κ2) is 5.02. The van der Waals surface area contributed by atoms with Crippen molar-refractivity contribution in [2.75, 3.05) is 0 Å². The van der Waals surface area contributed by atoms with E-state index in [0.717, 1.165) is 28.3 Å². The molecule has 2 aromatic carbocycles. The third-order valence-corrected chi connectivity index (χ3v) is 3.51. The number of carbonyl (C=O) groups is 1. The van der Waals surface area contributed by atoms with Crippen LogP contribution in [0.1, 0.15) is 27.8 Å². The number of fused-ring (bicyclic) bond motifs is 2. The van der Waals surface area contributed by atoms with Crippen LogP contribution in [0.3, 0.4) is 0 Å². The summed E-state index contributed by atoms with van der Waals surface area (Å²) in [5.41, 5.74) is 4.74. The van der Waals surface area contributed by atoms with Crippen molar-refractivity contribution >= 4 is 23.7 Å². The summed E-state index contributed by atoms with van der Waals surface area (Å²) in [6.45, 7) is 1.98. The van der Waals surface area contributed by atoms with Gasteiger partial charge in [-0.3, -0.25) is 0 Å². The number of hydrogen-bond donors (Lipinski definition) is 1. The molecule has 0 unspecified atom stereocenters. The zero-order chi connectivity index (χ0) is 15.0. The zero-order valence-electron chi connectivity index (χ0n) is 11.4. The van der Waals surface area contributed by atoms with Crippen molar-refractivity contribution in [3.8, 4) is 0 Å². The van der Waals surface area contributed by atoms with E-state index >= 15 is 0 Å². The molecule has 2 nitrogen and oxygen atoms in total. The molecule has 3 rings (SSSR count). The second-order valence-electron chi connectivity index (χ2n) is 5.05. The summed E-state index contributed by atoms with van der Waals surface area (Å²) in [5, 5.41) is 9.14. The molecule has 1 aliphatic rings. The minimum absolute atomic E-state index is 0.381. The van der Waals surface area contributed by atoms with Crippen LogP contribution in [0.15, 0.2) is 42.5 Å². The van der Waals surface area contributed by atoms with Crippen molar-refractivity contribution in [2.24, 2.45) is 0 Å². The van der Waals surface area contributed by atoms with E-state index < -0.39 is 5.97 Å². The van der Waals surface area contributed by atoms with Gasteiger partial charge in [0.05, 0.1) is 0 Å². The first kappa shape index (κ1) is 13.3. The highest BCUT2D eigenvalue weighted by molar-refractivity contribution is 6.01. The fourth-order valence-electron chi connectivity index (χ4n) is 2.58. The van der Waals surface area contributed by atoms with Crippen LogP contribution in [0, 0.1) is 12.7 Å². The van der Waals surface area contributed by atoms with Crippen molar-refractivity contribution in [1.29, 1.82) is 0 Å². The van der Waals surface area contributed by atoms with E-state index in [-0.39, 0.29) is 5.82 Å². The number of carboxylic acids is 1. The molecule has 0 radical (unpaired) electrons. The molecule has 0 aromatic heterocycles. The zero-order valence-corrected chi connectivity index (χ0v) is 11.4. The van der Waals surface area contributed by atoms with Crippen LogP contribution in [0.25, 0.3) is 17.7 Å². The maximum Gasteiger partial charge on any atom is 0.328 e. The summed E-state index contributed by atoms with van der Waals surface area (Å²) in [6.07, 6.45) is 4.96. The average molecular weight is 280 g/mol. The smallest absolute Gasteiger partial charge is 0.328 e. The van der Waals surface area contributed by atoms with Crippen molar-refractivity contribution in [3.63, 3.8) is 0 Å². The Morgan fingerprint density at radius 2 is 1.81 bits per heavy atom. The molecule has 3 heteroatoms. The molecule has 0 bridgehead atoms. The van der Waals surface area contributed by atoms with Crippen LogP contribution >= 0.6 is 0 Å². The number of aryl methyl sites for hydroxylation is 1. The number of halogens is 1. The monoisotopic (exact) mass is 280 g/mol. The van der Waals surface area contributed by atoms with Gasteiger partial charge < -0.3 is 5.11 Å². The Kier molecular flexibility index (Phi) is 3.18.